The number of hydrogen-bond donors (Lipinski definition) is 2. The molecular weight excluding hydrogens is 532 g/mol. The lowest BCUT2D eigenvalue weighted by atomic mass is 10.0. The van der Waals surface area contributed by atoms with E-state index in [9.17, 15) is 9.59 Å². The number of nitrogens with zero attached hydrogens (tertiary/aromatic N) is 4. The maximum Gasteiger partial charge on any atom is 0.264 e. The second-order valence-electron chi connectivity index (χ2n) is 8.85. The first-order valence-corrected chi connectivity index (χ1v) is 13.4. The van der Waals surface area contributed by atoms with E-state index in [2.05, 4.69) is 52.0 Å². The number of hydrogen-bond acceptors (Lipinski definition) is 6. The van der Waals surface area contributed by atoms with Crippen molar-refractivity contribution in [1.82, 2.24) is 14.9 Å². The van der Waals surface area contributed by atoms with Crippen LogP contribution in [-0.4, -0.2) is 35.1 Å². The van der Waals surface area contributed by atoms with Gasteiger partial charge in [-0.2, -0.15) is 0 Å². The molecule has 0 saturated carbocycles. The number of nitrogens with two attached hydrogens (primary N) is 1. The Morgan fingerprint density at radius 2 is 1.95 bits per heavy atom. The lowest BCUT2D eigenvalue weighted by molar-refractivity contribution is -0.117. The summed E-state index contributed by atoms with van der Waals surface area (Å²) < 4.78 is 1.58. The second kappa shape index (κ2) is 12.7. The van der Waals surface area contributed by atoms with E-state index in [-0.39, 0.29) is 22.7 Å². The highest BCUT2D eigenvalue weighted by Crippen LogP contribution is 2.24. The summed E-state index contributed by atoms with van der Waals surface area (Å²) in [5.74, 6) is 5.62. The van der Waals surface area contributed by atoms with Gasteiger partial charge in [-0.25, -0.2) is 0 Å². The van der Waals surface area contributed by atoms with Crippen molar-refractivity contribution in [3.05, 3.63) is 129 Å². The molecule has 9 heteroatoms. The molecule has 3 N–H and O–H groups in total. The number of carbonyl (C=O) groups is 1. The van der Waals surface area contributed by atoms with Crippen LogP contribution in [0.4, 0.5) is 0 Å². The molecule has 0 spiro atoms. The predicted molar refractivity (Wildman–Crippen MR) is 168 cm³/mol. The van der Waals surface area contributed by atoms with Gasteiger partial charge in [-0.3, -0.25) is 29.1 Å². The zero-order chi connectivity index (χ0) is 29.5. The Balaban J connectivity index is 1.90. The number of aliphatic imine (C=N–C) groups is 2. The van der Waals surface area contributed by atoms with Crippen LogP contribution in [0.2, 0.25) is 0 Å². The molecule has 2 heterocycles. The Morgan fingerprint density at radius 3 is 2.59 bits per heavy atom. The van der Waals surface area contributed by atoms with Crippen LogP contribution in [0.15, 0.2) is 117 Å². The summed E-state index contributed by atoms with van der Waals surface area (Å²) in [5.41, 5.74) is 9.86. The maximum absolute atomic E-state index is 14.2. The first kappa shape index (κ1) is 28.7. The summed E-state index contributed by atoms with van der Waals surface area (Å²) in [6.45, 7) is 12.9. The molecule has 0 aliphatic heterocycles. The van der Waals surface area contributed by atoms with Gasteiger partial charge < -0.3 is 11.1 Å². The van der Waals surface area contributed by atoms with Gasteiger partial charge in [0.15, 0.2) is 0 Å². The van der Waals surface area contributed by atoms with E-state index in [1.165, 1.54) is 24.5 Å². The monoisotopic (exact) mass is 560 g/mol. The van der Waals surface area contributed by atoms with Crippen molar-refractivity contribution in [3.8, 4) is 17.5 Å². The van der Waals surface area contributed by atoms with E-state index in [4.69, 9.17) is 5.73 Å². The predicted octanol–water partition coefficient (Wildman–Crippen LogP) is 4.71. The molecule has 2 aromatic carbocycles. The van der Waals surface area contributed by atoms with Crippen molar-refractivity contribution in [2.75, 3.05) is 7.05 Å². The van der Waals surface area contributed by atoms with Crippen LogP contribution in [0.3, 0.4) is 0 Å². The highest BCUT2D eigenvalue weighted by molar-refractivity contribution is 7.10. The van der Waals surface area contributed by atoms with Crippen LogP contribution in [-0.2, 0) is 4.79 Å². The molecule has 0 aliphatic carbocycles. The average molecular weight is 561 g/mol. The smallest absolute Gasteiger partial charge is 0.264 e. The van der Waals surface area contributed by atoms with Crippen LogP contribution < -0.4 is 16.6 Å². The summed E-state index contributed by atoms with van der Waals surface area (Å²) in [7, 11) is 1.47. The van der Waals surface area contributed by atoms with Crippen molar-refractivity contribution in [2.24, 2.45) is 15.7 Å². The molecule has 4 rings (SSSR count). The van der Waals surface area contributed by atoms with Crippen LogP contribution in [0.25, 0.3) is 16.5 Å². The summed E-state index contributed by atoms with van der Waals surface area (Å²) in [6.07, 6.45) is 3.14. The number of fused-ring (bicyclic) bond motifs is 1. The molecule has 0 bridgehead atoms. The highest BCUT2D eigenvalue weighted by Gasteiger charge is 2.24. The van der Waals surface area contributed by atoms with Gasteiger partial charge in [0, 0.05) is 24.0 Å². The normalized spacial score (nSPS) is 12.5. The Hall–Kier alpha value is -5.33. The fraction of sp³-hybridized carbons (Fsp3) is 0.0938. The number of pyridine rings is 1. The molecule has 204 valence electrons. The molecule has 0 radical (unpaired) electrons. The second-order valence-corrected chi connectivity index (χ2v) is 9.73. The van der Waals surface area contributed by atoms with Gasteiger partial charge in [0.05, 0.1) is 33.7 Å². The van der Waals surface area contributed by atoms with Gasteiger partial charge in [0.1, 0.15) is 11.4 Å². The zero-order valence-electron chi connectivity index (χ0n) is 22.7. The summed E-state index contributed by atoms with van der Waals surface area (Å²) in [4.78, 5) is 40.6. The fourth-order valence-electron chi connectivity index (χ4n) is 4.29. The molecule has 8 nitrogen and oxygen atoms in total. The Morgan fingerprint density at radius 1 is 1.20 bits per heavy atom. The van der Waals surface area contributed by atoms with Gasteiger partial charge >= 0.3 is 0 Å². The third-order valence-electron chi connectivity index (χ3n) is 6.30. The van der Waals surface area contributed by atoms with E-state index in [0.717, 1.165) is 4.88 Å². The third kappa shape index (κ3) is 5.98. The van der Waals surface area contributed by atoms with Crippen LogP contribution >= 0.6 is 11.3 Å². The zero-order valence-corrected chi connectivity index (χ0v) is 23.5. The topological polar surface area (TPSA) is 115 Å². The lowest BCUT2D eigenvalue weighted by Gasteiger charge is -2.22. The van der Waals surface area contributed by atoms with Crippen molar-refractivity contribution in [3.63, 3.8) is 0 Å². The van der Waals surface area contributed by atoms with Crippen molar-refractivity contribution in [1.29, 1.82) is 0 Å². The first-order valence-electron chi connectivity index (χ1n) is 12.5. The quantitative estimate of drug-likeness (QED) is 0.107. The van der Waals surface area contributed by atoms with Crippen LogP contribution in [0.5, 0.6) is 0 Å². The van der Waals surface area contributed by atoms with Gasteiger partial charge in [-0.1, -0.05) is 55.5 Å². The van der Waals surface area contributed by atoms with Crippen LogP contribution in [0.1, 0.15) is 29.1 Å². The number of aromatic nitrogens is 2. The van der Waals surface area contributed by atoms with Gasteiger partial charge in [0.2, 0.25) is 0 Å². The minimum absolute atomic E-state index is 0.00859. The summed E-state index contributed by atoms with van der Waals surface area (Å²) in [5, 5.41) is 4.11. The van der Waals surface area contributed by atoms with Gasteiger partial charge in [-0.05, 0) is 54.8 Å². The first-order chi connectivity index (χ1) is 19.8. The minimum atomic E-state index is -0.644. The molecule has 1 atom stereocenters. The standard InChI is InChI=1S/C32H28N6O2S/c1-6-20(2)29(34-4)28(30(33)35-5)31(39)37-21(3)26-17-23-12-10-11-22(15-16-25-18-36-19-41-25)27(23)32(40)38(26)24-13-8-7-9-14-24/h6-14,17-19,21H,1-2,4H2,3,5H3,(H2,33,35)(H,37,39)/b29-28-. The molecule has 1 amide bonds. The summed E-state index contributed by atoms with van der Waals surface area (Å²) >= 11 is 1.43. The number of amides is 1. The molecule has 0 aliphatic rings. The number of carbonyl (C=O) groups excluding carboxylic acids is 1. The highest BCUT2D eigenvalue weighted by atomic mass is 32.1. The molecule has 41 heavy (non-hydrogen) atoms. The Kier molecular flexibility index (Phi) is 8.87. The van der Waals surface area contributed by atoms with E-state index in [1.54, 1.807) is 23.2 Å². The van der Waals surface area contributed by atoms with E-state index < -0.39 is 11.9 Å². The molecule has 4 aromatic rings. The van der Waals surface area contributed by atoms with Crippen molar-refractivity contribution < 1.29 is 4.79 Å². The number of allylic oxidation sites excluding steroid dienone is 1. The fourth-order valence-corrected chi connectivity index (χ4v) is 4.76. The number of thiazole rings is 1. The Bertz CT molecular complexity index is 1840. The average Bonchev–Trinajstić information content (AvgIpc) is 3.51. The van der Waals surface area contributed by atoms with Crippen molar-refractivity contribution in [2.45, 2.75) is 13.0 Å². The lowest BCUT2D eigenvalue weighted by Crippen LogP contribution is -2.36. The van der Waals surface area contributed by atoms with Crippen molar-refractivity contribution >= 4 is 40.6 Å². The SMILES string of the molecule is C=CC(=C)/C(N=C)=C(/C(=O)NC(C)c1cc2cccc(C#Cc3cncs3)c2c(=O)n1-c1ccccc1)C(N)=NC. The number of rotatable bonds is 8. The molecule has 0 fully saturated rings. The molecule has 0 saturated heterocycles. The Labute approximate surface area is 242 Å². The number of amidine groups is 1. The maximum atomic E-state index is 14.2. The molecule has 2 aromatic heterocycles. The van der Waals surface area contributed by atoms with Crippen LogP contribution in [0, 0.1) is 11.8 Å². The molecule has 1 unspecified atom stereocenters. The number of para-hydroxylation sites is 1. The van der Waals surface area contributed by atoms with E-state index in [1.807, 2.05) is 54.6 Å². The van der Waals surface area contributed by atoms with Gasteiger partial charge in [0.25, 0.3) is 11.5 Å². The van der Waals surface area contributed by atoms with E-state index >= 15 is 0 Å². The minimum Gasteiger partial charge on any atom is -0.383 e. The molecular formula is C32H28N6O2S. The number of benzene rings is 2. The third-order valence-corrected chi connectivity index (χ3v) is 6.99. The number of nitrogens with one attached hydrogen (secondary N) is 1. The largest absolute Gasteiger partial charge is 0.383 e. The van der Waals surface area contributed by atoms with E-state index in [0.29, 0.717) is 33.3 Å². The van der Waals surface area contributed by atoms with Gasteiger partial charge in [-0.15, -0.1) is 11.3 Å². The summed E-state index contributed by atoms with van der Waals surface area (Å²) in [6, 6.07) is 16.0.